The molecule has 0 radical (unpaired) electrons. The average molecular weight is 256 g/mol. The molecular formula is C12H17FN2OS. The summed E-state index contributed by atoms with van der Waals surface area (Å²) in [7, 11) is 1.86. The standard InChI is InChI=1S/C12H17FN2OS/c1-8(16)6-15(2)7-9-3-10(12(14)17)5-11(13)4-9/h3-5,8,16H,6-7H2,1-2H3,(H2,14,17). The maximum absolute atomic E-state index is 13.3. The molecule has 0 heterocycles. The number of aliphatic hydroxyl groups is 1. The van der Waals surface area contributed by atoms with Crippen molar-refractivity contribution in [1.29, 1.82) is 0 Å². The van der Waals surface area contributed by atoms with Crippen molar-refractivity contribution in [1.82, 2.24) is 4.90 Å². The lowest BCUT2D eigenvalue weighted by molar-refractivity contribution is 0.138. The maximum atomic E-state index is 13.3. The van der Waals surface area contributed by atoms with E-state index in [9.17, 15) is 9.50 Å². The van der Waals surface area contributed by atoms with Gasteiger partial charge in [-0.1, -0.05) is 12.2 Å². The van der Waals surface area contributed by atoms with Crippen LogP contribution in [0.3, 0.4) is 0 Å². The maximum Gasteiger partial charge on any atom is 0.124 e. The van der Waals surface area contributed by atoms with E-state index in [2.05, 4.69) is 0 Å². The molecule has 0 saturated carbocycles. The van der Waals surface area contributed by atoms with Gasteiger partial charge in [-0.3, -0.25) is 4.90 Å². The van der Waals surface area contributed by atoms with Crippen molar-refractivity contribution < 1.29 is 9.50 Å². The van der Waals surface area contributed by atoms with Gasteiger partial charge in [0.2, 0.25) is 0 Å². The molecule has 94 valence electrons. The first-order chi connectivity index (χ1) is 7.88. The topological polar surface area (TPSA) is 49.5 Å². The number of halogens is 1. The van der Waals surface area contributed by atoms with E-state index in [4.69, 9.17) is 18.0 Å². The lowest BCUT2D eigenvalue weighted by atomic mass is 10.1. The number of benzene rings is 1. The van der Waals surface area contributed by atoms with Crippen LogP contribution in [0.4, 0.5) is 4.39 Å². The third kappa shape index (κ3) is 4.77. The molecule has 0 aliphatic carbocycles. The minimum atomic E-state index is -0.413. The number of hydrogen-bond acceptors (Lipinski definition) is 3. The van der Waals surface area contributed by atoms with Crippen LogP contribution in [-0.4, -0.2) is 34.7 Å². The first-order valence-corrected chi connectivity index (χ1v) is 5.75. The predicted molar refractivity (Wildman–Crippen MR) is 70.3 cm³/mol. The Morgan fingerprint density at radius 3 is 2.71 bits per heavy atom. The van der Waals surface area contributed by atoms with Crippen molar-refractivity contribution >= 4 is 17.2 Å². The van der Waals surface area contributed by atoms with Crippen LogP contribution in [0.25, 0.3) is 0 Å². The molecule has 1 rings (SSSR count). The van der Waals surface area contributed by atoms with Crippen molar-refractivity contribution in [2.45, 2.75) is 19.6 Å². The molecule has 0 spiro atoms. The first kappa shape index (κ1) is 14.0. The van der Waals surface area contributed by atoms with Crippen molar-refractivity contribution in [3.05, 3.63) is 35.1 Å². The van der Waals surface area contributed by atoms with E-state index < -0.39 is 6.10 Å². The molecule has 0 fully saturated rings. The Morgan fingerprint density at radius 1 is 1.53 bits per heavy atom. The molecule has 0 aliphatic rings. The SMILES string of the molecule is CC(O)CN(C)Cc1cc(F)cc(C(N)=S)c1. The van der Waals surface area contributed by atoms with Crippen LogP contribution >= 0.6 is 12.2 Å². The van der Waals surface area contributed by atoms with Crippen LogP contribution in [0.2, 0.25) is 0 Å². The normalized spacial score (nSPS) is 12.8. The number of aliphatic hydroxyl groups excluding tert-OH is 1. The summed E-state index contributed by atoms with van der Waals surface area (Å²) in [6.07, 6.45) is -0.413. The fourth-order valence-corrected chi connectivity index (χ4v) is 1.83. The Labute approximate surface area is 106 Å². The zero-order valence-corrected chi connectivity index (χ0v) is 10.8. The molecule has 5 heteroatoms. The van der Waals surface area contributed by atoms with Crippen molar-refractivity contribution in [3.8, 4) is 0 Å². The molecule has 0 aliphatic heterocycles. The number of hydrogen-bond donors (Lipinski definition) is 2. The largest absolute Gasteiger partial charge is 0.392 e. The molecule has 1 aromatic carbocycles. The second-order valence-corrected chi connectivity index (χ2v) is 4.70. The molecule has 17 heavy (non-hydrogen) atoms. The van der Waals surface area contributed by atoms with E-state index in [0.717, 1.165) is 5.56 Å². The number of likely N-dealkylation sites (N-methyl/N-ethyl adjacent to an activating group) is 1. The van der Waals surface area contributed by atoms with Crippen molar-refractivity contribution in [3.63, 3.8) is 0 Å². The van der Waals surface area contributed by atoms with Gasteiger partial charge < -0.3 is 10.8 Å². The van der Waals surface area contributed by atoms with Gasteiger partial charge in [-0.05, 0) is 37.7 Å². The summed E-state index contributed by atoms with van der Waals surface area (Å²) in [5.41, 5.74) is 6.79. The average Bonchev–Trinajstić information content (AvgIpc) is 2.14. The number of nitrogens with zero attached hydrogens (tertiary/aromatic N) is 1. The fraction of sp³-hybridized carbons (Fsp3) is 0.417. The summed E-state index contributed by atoms with van der Waals surface area (Å²) in [5.74, 6) is -0.351. The lowest BCUT2D eigenvalue weighted by Crippen LogP contribution is -2.27. The highest BCUT2D eigenvalue weighted by molar-refractivity contribution is 7.80. The molecule has 3 nitrogen and oxygen atoms in total. The van der Waals surface area contributed by atoms with Gasteiger partial charge in [-0.2, -0.15) is 0 Å². The van der Waals surface area contributed by atoms with Gasteiger partial charge in [0, 0.05) is 18.7 Å². The molecule has 1 atom stereocenters. The van der Waals surface area contributed by atoms with Crippen LogP contribution < -0.4 is 5.73 Å². The summed E-state index contributed by atoms with van der Waals surface area (Å²) < 4.78 is 13.3. The van der Waals surface area contributed by atoms with Gasteiger partial charge in [0.15, 0.2) is 0 Å². The highest BCUT2D eigenvalue weighted by Gasteiger charge is 2.07. The summed E-state index contributed by atoms with van der Waals surface area (Å²) >= 11 is 4.82. The molecular weight excluding hydrogens is 239 g/mol. The van der Waals surface area contributed by atoms with Crippen LogP contribution in [0.1, 0.15) is 18.1 Å². The van der Waals surface area contributed by atoms with E-state index in [1.165, 1.54) is 12.1 Å². The van der Waals surface area contributed by atoms with E-state index in [-0.39, 0.29) is 10.8 Å². The third-order valence-electron chi connectivity index (χ3n) is 2.27. The Hall–Kier alpha value is -1.04. The Bertz CT molecular complexity index is 409. The smallest absolute Gasteiger partial charge is 0.124 e. The second-order valence-electron chi connectivity index (χ2n) is 4.26. The van der Waals surface area contributed by atoms with Gasteiger partial charge in [-0.15, -0.1) is 0 Å². The highest BCUT2D eigenvalue weighted by Crippen LogP contribution is 2.11. The van der Waals surface area contributed by atoms with Gasteiger partial charge in [0.05, 0.1) is 6.10 Å². The first-order valence-electron chi connectivity index (χ1n) is 5.34. The summed E-state index contributed by atoms with van der Waals surface area (Å²) in [6, 6.07) is 4.53. The van der Waals surface area contributed by atoms with Gasteiger partial charge in [-0.25, -0.2) is 4.39 Å². The quantitative estimate of drug-likeness (QED) is 0.779. The van der Waals surface area contributed by atoms with E-state index in [1.807, 2.05) is 11.9 Å². The monoisotopic (exact) mass is 256 g/mol. The molecule has 1 aromatic rings. The zero-order valence-electron chi connectivity index (χ0n) is 9.98. The molecule has 1 unspecified atom stereocenters. The minimum absolute atomic E-state index is 0.184. The van der Waals surface area contributed by atoms with E-state index in [1.54, 1.807) is 13.0 Å². The Balaban J connectivity index is 2.80. The molecule has 0 aromatic heterocycles. The lowest BCUT2D eigenvalue weighted by Gasteiger charge is -2.18. The molecule has 0 bridgehead atoms. The molecule has 3 N–H and O–H groups in total. The highest BCUT2D eigenvalue weighted by atomic mass is 32.1. The van der Waals surface area contributed by atoms with Crippen LogP contribution in [-0.2, 0) is 6.54 Å². The fourth-order valence-electron chi connectivity index (χ4n) is 1.71. The van der Waals surface area contributed by atoms with Gasteiger partial charge in [0.25, 0.3) is 0 Å². The van der Waals surface area contributed by atoms with Crippen molar-refractivity contribution in [2.24, 2.45) is 5.73 Å². The summed E-state index contributed by atoms with van der Waals surface area (Å²) in [6.45, 7) is 2.78. The number of thiocarbonyl (C=S) groups is 1. The molecule has 0 amide bonds. The van der Waals surface area contributed by atoms with Crippen LogP contribution in [0.15, 0.2) is 18.2 Å². The number of rotatable bonds is 5. The zero-order chi connectivity index (χ0) is 13.0. The summed E-state index contributed by atoms with van der Waals surface area (Å²) in [4.78, 5) is 2.09. The summed E-state index contributed by atoms with van der Waals surface area (Å²) in [5, 5.41) is 9.24. The predicted octanol–water partition coefficient (Wildman–Crippen LogP) is 1.27. The van der Waals surface area contributed by atoms with Crippen LogP contribution in [0, 0.1) is 5.82 Å². The van der Waals surface area contributed by atoms with Gasteiger partial charge in [0.1, 0.15) is 10.8 Å². The van der Waals surface area contributed by atoms with E-state index in [0.29, 0.717) is 18.7 Å². The minimum Gasteiger partial charge on any atom is -0.392 e. The Morgan fingerprint density at radius 2 is 2.18 bits per heavy atom. The van der Waals surface area contributed by atoms with Crippen LogP contribution in [0.5, 0.6) is 0 Å². The second kappa shape index (κ2) is 6.05. The van der Waals surface area contributed by atoms with Gasteiger partial charge >= 0.3 is 0 Å². The third-order valence-corrected chi connectivity index (χ3v) is 2.51. The van der Waals surface area contributed by atoms with E-state index >= 15 is 0 Å². The Kier molecular flexibility index (Phi) is 4.99. The van der Waals surface area contributed by atoms with Crippen molar-refractivity contribution in [2.75, 3.05) is 13.6 Å². The molecule has 0 saturated heterocycles. The number of nitrogens with two attached hydrogens (primary N) is 1.